The third kappa shape index (κ3) is 5.13. The Morgan fingerprint density at radius 1 is 1.08 bits per heavy atom. The Kier molecular flexibility index (Phi) is 5.84. The second-order valence-corrected chi connectivity index (χ2v) is 5.66. The molecule has 2 aromatic rings. The van der Waals surface area contributed by atoms with Gasteiger partial charge < -0.3 is 10.2 Å². The van der Waals surface area contributed by atoms with Crippen molar-refractivity contribution in [1.29, 1.82) is 0 Å². The van der Waals surface area contributed by atoms with Gasteiger partial charge in [-0.05, 0) is 43.2 Å². The van der Waals surface area contributed by atoms with Gasteiger partial charge in [0.05, 0.1) is 4.92 Å². The number of benzene rings is 2. The van der Waals surface area contributed by atoms with Gasteiger partial charge in [-0.15, -0.1) is 0 Å². The van der Waals surface area contributed by atoms with Gasteiger partial charge in [-0.25, -0.2) is 4.79 Å². The molecule has 130 valence electrons. The number of nitrogens with zero attached hydrogens (tertiary/aromatic N) is 2. The zero-order chi connectivity index (χ0) is 18.4. The van der Waals surface area contributed by atoms with Crippen molar-refractivity contribution in [3.63, 3.8) is 0 Å². The Hall–Kier alpha value is -3.22. The number of anilines is 1. The summed E-state index contributed by atoms with van der Waals surface area (Å²) in [5, 5.41) is 13.4. The summed E-state index contributed by atoms with van der Waals surface area (Å²) in [4.78, 5) is 35.1. The number of carbonyl (C=O) groups is 2. The largest absolute Gasteiger partial charge is 0.327 e. The Balaban J connectivity index is 1.87. The minimum atomic E-state index is -0.444. The predicted octanol–water partition coefficient (Wildman–Crippen LogP) is 3.50. The van der Waals surface area contributed by atoms with Crippen LogP contribution in [-0.4, -0.2) is 35.2 Å². The number of carbonyl (C=O) groups excluding carboxylic acids is 2. The van der Waals surface area contributed by atoms with E-state index >= 15 is 0 Å². The molecule has 0 aromatic heterocycles. The number of nitro benzene ring substituents is 1. The van der Waals surface area contributed by atoms with Gasteiger partial charge in [0.2, 0.25) is 0 Å². The van der Waals surface area contributed by atoms with E-state index in [1.165, 1.54) is 24.0 Å². The third-order valence-electron chi connectivity index (χ3n) is 3.77. The Morgan fingerprint density at radius 2 is 1.68 bits per heavy atom. The molecule has 0 atom stereocenters. The van der Waals surface area contributed by atoms with Gasteiger partial charge in [-0.3, -0.25) is 14.9 Å². The second kappa shape index (κ2) is 8.05. The second-order valence-electron chi connectivity index (χ2n) is 5.66. The topological polar surface area (TPSA) is 92.6 Å². The lowest BCUT2D eigenvalue weighted by Gasteiger charge is -2.18. The molecule has 0 unspecified atom stereocenters. The summed E-state index contributed by atoms with van der Waals surface area (Å²) in [7, 11) is 1.67. The van der Waals surface area contributed by atoms with Crippen LogP contribution in [0.2, 0.25) is 0 Å². The van der Waals surface area contributed by atoms with Crippen LogP contribution >= 0.6 is 0 Å². The number of ketones is 1. The first-order chi connectivity index (χ1) is 11.9. The molecule has 2 rings (SSSR count). The number of rotatable bonds is 6. The average Bonchev–Trinajstić information content (AvgIpc) is 2.60. The molecular weight excluding hydrogens is 322 g/mol. The van der Waals surface area contributed by atoms with Crippen molar-refractivity contribution in [2.45, 2.75) is 13.3 Å². The summed E-state index contributed by atoms with van der Waals surface area (Å²) in [6.07, 6.45) is 0.588. The van der Waals surface area contributed by atoms with E-state index in [1.54, 1.807) is 43.4 Å². The summed E-state index contributed by atoms with van der Waals surface area (Å²) in [6, 6.07) is 12.7. The number of non-ortho nitro benzene ring substituents is 1. The maximum atomic E-state index is 12.2. The summed E-state index contributed by atoms with van der Waals surface area (Å²) >= 11 is 0. The van der Waals surface area contributed by atoms with E-state index in [1.807, 2.05) is 0 Å². The van der Waals surface area contributed by atoms with Crippen LogP contribution in [0.15, 0.2) is 48.5 Å². The normalized spacial score (nSPS) is 10.2. The smallest absolute Gasteiger partial charge is 0.321 e. The Bertz CT molecular complexity index is 770. The van der Waals surface area contributed by atoms with E-state index in [0.717, 1.165) is 5.56 Å². The van der Waals surface area contributed by atoms with E-state index in [4.69, 9.17) is 0 Å². The molecule has 0 aliphatic rings. The predicted molar refractivity (Wildman–Crippen MR) is 94.9 cm³/mol. The number of amides is 2. The molecule has 0 heterocycles. The molecule has 25 heavy (non-hydrogen) atoms. The van der Waals surface area contributed by atoms with E-state index in [2.05, 4.69) is 5.32 Å². The van der Waals surface area contributed by atoms with Gasteiger partial charge in [0, 0.05) is 37.0 Å². The zero-order valence-electron chi connectivity index (χ0n) is 14.1. The van der Waals surface area contributed by atoms with Crippen molar-refractivity contribution in [2.24, 2.45) is 0 Å². The number of urea groups is 1. The standard InChI is InChI=1S/C18H19N3O4/c1-13(22)15-5-7-16(8-6-15)19-18(23)20(2)12-11-14-3-9-17(10-4-14)21(24)25/h3-10H,11-12H2,1-2H3,(H,19,23). The highest BCUT2D eigenvalue weighted by atomic mass is 16.6. The van der Waals surface area contributed by atoms with E-state index < -0.39 is 4.92 Å². The molecule has 0 spiro atoms. The minimum absolute atomic E-state index is 0.0295. The lowest BCUT2D eigenvalue weighted by molar-refractivity contribution is -0.384. The highest BCUT2D eigenvalue weighted by Gasteiger charge is 2.10. The van der Waals surface area contributed by atoms with Crippen LogP contribution in [0.25, 0.3) is 0 Å². The van der Waals surface area contributed by atoms with Crippen LogP contribution in [0.1, 0.15) is 22.8 Å². The quantitative estimate of drug-likeness (QED) is 0.494. The van der Waals surface area contributed by atoms with E-state index in [0.29, 0.717) is 24.2 Å². The van der Waals surface area contributed by atoms with Gasteiger partial charge in [0.1, 0.15) is 0 Å². The zero-order valence-corrected chi connectivity index (χ0v) is 14.1. The van der Waals surface area contributed by atoms with Crippen LogP contribution < -0.4 is 5.32 Å². The summed E-state index contributed by atoms with van der Waals surface area (Å²) < 4.78 is 0. The monoisotopic (exact) mass is 341 g/mol. The number of hydrogen-bond donors (Lipinski definition) is 1. The SMILES string of the molecule is CC(=O)c1ccc(NC(=O)N(C)CCc2ccc([N+](=O)[O-])cc2)cc1. The van der Waals surface area contributed by atoms with Crippen molar-refractivity contribution in [3.8, 4) is 0 Å². The van der Waals surface area contributed by atoms with Crippen LogP contribution in [0.4, 0.5) is 16.2 Å². The highest BCUT2D eigenvalue weighted by molar-refractivity contribution is 5.95. The maximum Gasteiger partial charge on any atom is 0.321 e. The van der Waals surface area contributed by atoms with Gasteiger partial charge in [0.15, 0.2) is 5.78 Å². The summed E-state index contributed by atoms with van der Waals surface area (Å²) in [6.45, 7) is 1.95. The number of Topliss-reactive ketones (excluding diaryl/α,β-unsaturated/α-hetero) is 1. The van der Waals surface area contributed by atoms with E-state index in [-0.39, 0.29) is 17.5 Å². The first-order valence-corrected chi connectivity index (χ1v) is 7.73. The number of hydrogen-bond acceptors (Lipinski definition) is 4. The first kappa shape index (κ1) is 18.1. The fourth-order valence-electron chi connectivity index (χ4n) is 2.19. The number of nitrogens with one attached hydrogen (secondary N) is 1. The third-order valence-corrected chi connectivity index (χ3v) is 3.77. The molecule has 0 aliphatic carbocycles. The molecule has 2 amide bonds. The summed E-state index contributed by atoms with van der Waals surface area (Å²) in [5.74, 6) is -0.0295. The molecule has 0 radical (unpaired) electrons. The number of nitro groups is 1. The van der Waals surface area contributed by atoms with Crippen molar-refractivity contribution < 1.29 is 14.5 Å². The van der Waals surface area contributed by atoms with Gasteiger partial charge >= 0.3 is 6.03 Å². The van der Waals surface area contributed by atoms with Gasteiger partial charge in [-0.1, -0.05) is 12.1 Å². The maximum absolute atomic E-state index is 12.2. The van der Waals surface area contributed by atoms with E-state index in [9.17, 15) is 19.7 Å². The lowest BCUT2D eigenvalue weighted by Crippen LogP contribution is -2.33. The first-order valence-electron chi connectivity index (χ1n) is 7.73. The van der Waals surface area contributed by atoms with Crippen molar-refractivity contribution in [3.05, 3.63) is 69.8 Å². The van der Waals surface area contributed by atoms with Crippen molar-refractivity contribution in [1.82, 2.24) is 4.90 Å². The minimum Gasteiger partial charge on any atom is -0.327 e. The van der Waals surface area contributed by atoms with Crippen molar-refractivity contribution >= 4 is 23.2 Å². The molecule has 2 aromatic carbocycles. The molecule has 0 fully saturated rings. The molecule has 0 saturated heterocycles. The average molecular weight is 341 g/mol. The molecule has 7 nitrogen and oxygen atoms in total. The fourth-order valence-corrected chi connectivity index (χ4v) is 2.19. The van der Waals surface area contributed by atoms with Crippen LogP contribution in [0, 0.1) is 10.1 Å². The van der Waals surface area contributed by atoms with Crippen molar-refractivity contribution in [2.75, 3.05) is 18.9 Å². The Labute approximate surface area is 145 Å². The number of likely N-dealkylation sites (N-methyl/N-ethyl adjacent to an activating group) is 1. The molecule has 0 aliphatic heterocycles. The molecule has 7 heteroatoms. The van der Waals surface area contributed by atoms with Gasteiger partial charge in [0.25, 0.3) is 5.69 Å². The molecule has 0 bridgehead atoms. The fraction of sp³-hybridized carbons (Fsp3) is 0.222. The van der Waals surface area contributed by atoms with Crippen LogP contribution in [0.5, 0.6) is 0 Å². The molecule has 1 N–H and O–H groups in total. The lowest BCUT2D eigenvalue weighted by atomic mass is 10.1. The Morgan fingerprint density at radius 3 is 2.20 bits per heavy atom. The van der Waals surface area contributed by atoms with Gasteiger partial charge in [-0.2, -0.15) is 0 Å². The van der Waals surface area contributed by atoms with Crippen LogP contribution in [-0.2, 0) is 6.42 Å². The molecule has 0 saturated carbocycles. The molecular formula is C18H19N3O4. The highest BCUT2D eigenvalue weighted by Crippen LogP contribution is 2.13. The van der Waals surface area contributed by atoms with Crippen LogP contribution in [0.3, 0.4) is 0 Å². The summed E-state index contributed by atoms with van der Waals surface area (Å²) in [5.41, 5.74) is 2.15.